The largest absolute Gasteiger partial charge is 0.444 e. The summed E-state index contributed by atoms with van der Waals surface area (Å²) in [6.07, 6.45) is 4.04. The van der Waals surface area contributed by atoms with Crippen molar-refractivity contribution in [3.63, 3.8) is 0 Å². The van der Waals surface area contributed by atoms with Gasteiger partial charge in [0.05, 0.1) is 12.2 Å². The summed E-state index contributed by atoms with van der Waals surface area (Å²) < 4.78 is 5.70. The predicted molar refractivity (Wildman–Crippen MR) is 70.4 cm³/mol. The highest BCUT2D eigenvalue weighted by Crippen LogP contribution is 2.33. The number of aromatic nitrogens is 1. The van der Waals surface area contributed by atoms with Crippen molar-refractivity contribution in [2.24, 2.45) is 5.92 Å². The zero-order valence-electron chi connectivity index (χ0n) is 11.4. The Labute approximate surface area is 109 Å². The van der Waals surface area contributed by atoms with Gasteiger partial charge in [0, 0.05) is 12.6 Å². The maximum Gasteiger partial charge on any atom is 0.208 e. The quantitative estimate of drug-likeness (QED) is 0.888. The molecule has 1 aromatic rings. The van der Waals surface area contributed by atoms with Gasteiger partial charge in [-0.05, 0) is 52.1 Å². The van der Waals surface area contributed by atoms with Crippen LogP contribution < -0.4 is 5.32 Å². The Hall–Kier alpha value is -0.870. The second kappa shape index (κ2) is 5.02. The van der Waals surface area contributed by atoms with Crippen molar-refractivity contribution in [2.45, 2.75) is 45.7 Å². The molecule has 1 saturated heterocycles. The third-order valence-electron chi connectivity index (χ3n) is 4.14. The Balaban J connectivity index is 1.63. The molecule has 1 aliphatic carbocycles. The first-order valence-corrected chi connectivity index (χ1v) is 7.11. The van der Waals surface area contributed by atoms with Crippen LogP contribution in [0.5, 0.6) is 0 Å². The summed E-state index contributed by atoms with van der Waals surface area (Å²) in [7, 11) is 0. The first-order chi connectivity index (χ1) is 8.72. The van der Waals surface area contributed by atoms with Gasteiger partial charge in [0.2, 0.25) is 5.89 Å². The first kappa shape index (κ1) is 12.2. The number of aryl methyl sites for hydroxylation is 2. The minimum Gasteiger partial charge on any atom is -0.444 e. The van der Waals surface area contributed by atoms with E-state index in [2.05, 4.69) is 15.2 Å². The fourth-order valence-electron chi connectivity index (χ4n) is 2.78. The standard InChI is InChI=1S/C14H23N3O/c1-10-11(2)18-14(16-10)9-17-7-3-6-15-13(8-17)12-4-5-12/h12-13,15H,3-9H2,1-2H3. The fraction of sp³-hybridized carbons (Fsp3) is 0.786. The van der Waals surface area contributed by atoms with Gasteiger partial charge < -0.3 is 9.73 Å². The lowest BCUT2D eigenvalue weighted by Crippen LogP contribution is -2.39. The number of hydrogen-bond donors (Lipinski definition) is 1. The van der Waals surface area contributed by atoms with Gasteiger partial charge in [-0.2, -0.15) is 0 Å². The Kier molecular flexibility index (Phi) is 3.39. The topological polar surface area (TPSA) is 41.3 Å². The van der Waals surface area contributed by atoms with Gasteiger partial charge in [-0.1, -0.05) is 0 Å². The molecule has 4 heteroatoms. The molecule has 18 heavy (non-hydrogen) atoms. The average molecular weight is 249 g/mol. The molecule has 0 spiro atoms. The molecule has 2 fully saturated rings. The van der Waals surface area contributed by atoms with E-state index in [0.29, 0.717) is 6.04 Å². The Morgan fingerprint density at radius 1 is 1.39 bits per heavy atom. The molecule has 0 radical (unpaired) electrons. The van der Waals surface area contributed by atoms with Crippen molar-refractivity contribution in [3.8, 4) is 0 Å². The van der Waals surface area contributed by atoms with Crippen LogP contribution in [0.25, 0.3) is 0 Å². The van der Waals surface area contributed by atoms with Crippen molar-refractivity contribution in [3.05, 3.63) is 17.3 Å². The van der Waals surface area contributed by atoms with E-state index in [0.717, 1.165) is 49.4 Å². The normalized spacial score (nSPS) is 26.2. The monoisotopic (exact) mass is 249 g/mol. The summed E-state index contributed by atoms with van der Waals surface area (Å²) in [5.74, 6) is 2.75. The lowest BCUT2D eigenvalue weighted by Gasteiger charge is -2.22. The maximum atomic E-state index is 5.70. The summed E-state index contributed by atoms with van der Waals surface area (Å²) in [6.45, 7) is 8.31. The molecule has 1 unspecified atom stereocenters. The molecular formula is C14H23N3O. The predicted octanol–water partition coefficient (Wildman–Crippen LogP) is 1.87. The minimum absolute atomic E-state index is 0.685. The zero-order valence-corrected chi connectivity index (χ0v) is 11.4. The van der Waals surface area contributed by atoms with Crippen LogP contribution in [0.3, 0.4) is 0 Å². The maximum absolute atomic E-state index is 5.70. The van der Waals surface area contributed by atoms with E-state index in [9.17, 15) is 0 Å². The van der Waals surface area contributed by atoms with Crippen molar-refractivity contribution in [2.75, 3.05) is 19.6 Å². The molecule has 1 N–H and O–H groups in total. The zero-order chi connectivity index (χ0) is 12.5. The minimum atomic E-state index is 0.685. The summed E-state index contributed by atoms with van der Waals surface area (Å²) in [4.78, 5) is 6.99. The third-order valence-corrected chi connectivity index (χ3v) is 4.14. The van der Waals surface area contributed by atoms with Crippen molar-refractivity contribution >= 4 is 0 Å². The Morgan fingerprint density at radius 2 is 2.22 bits per heavy atom. The van der Waals surface area contributed by atoms with Crippen molar-refractivity contribution < 1.29 is 4.42 Å². The number of nitrogens with zero attached hydrogens (tertiary/aromatic N) is 2. The number of nitrogens with one attached hydrogen (secondary N) is 1. The van der Waals surface area contributed by atoms with Crippen LogP contribution >= 0.6 is 0 Å². The van der Waals surface area contributed by atoms with Gasteiger partial charge in [-0.3, -0.25) is 4.90 Å². The molecular weight excluding hydrogens is 226 g/mol. The Bertz CT molecular complexity index is 392. The van der Waals surface area contributed by atoms with Crippen LogP contribution in [0.15, 0.2) is 4.42 Å². The molecule has 2 heterocycles. The average Bonchev–Trinajstić information content (AvgIpc) is 3.11. The van der Waals surface area contributed by atoms with Crippen LogP contribution in [-0.2, 0) is 6.54 Å². The molecule has 1 aliphatic heterocycles. The molecule has 0 bridgehead atoms. The first-order valence-electron chi connectivity index (χ1n) is 7.11. The molecule has 0 aromatic carbocycles. The summed E-state index contributed by atoms with van der Waals surface area (Å²) in [5.41, 5.74) is 1.02. The van der Waals surface area contributed by atoms with E-state index in [1.807, 2.05) is 13.8 Å². The highest BCUT2D eigenvalue weighted by molar-refractivity contribution is 5.05. The molecule has 1 atom stereocenters. The molecule has 1 saturated carbocycles. The van der Waals surface area contributed by atoms with E-state index in [1.165, 1.54) is 19.3 Å². The molecule has 0 amide bonds. The van der Waals surface area contributed by atoms with Crippen LogP contribution in [0.1, 0.15) is 36.6 Å². The molecule has 4 nitrogen and oxygen atoms in total. The van der Waals surface area contributed by atoms with Crippen molar-refractivity contribution in [1.29, 1.82) is 0 Å². The lowest BCUT2D eigenvalue weighted by molar-refractivity contribution is 0.226. The smallest absolute Gasteiger partial charge is 0.208 e. The van der Waals surface area contributed by atoms with Crippen LogP contribution in [0.2, 0.25) is 0 Å². The van der Waals surface area contributed by atoms with E-state index in [-0.39, 0.29) is 0 Å². The van der Waals surface area contributed by atoms with Crippen LogP contribution in [0.4, 0.5) is 0 Å². The third kappa shape index (κ3) is 2.75. The van der Waals surface area contributed by atoms with E-state index >= 15 is 0 Å². The summed E-state index contributed by atoms with van der Waals surface area (Å²) in [6, 6.07) is 0.685. The van der Waals surface area contributed by atoms with Gasteiger partial charge >= 0.3 is 0 Å². The summed E-state index contributed by atoms with van der Waals surface area (Å²) in [5, 5.41) is 3.68. The second-order valence-corrected chi connectivity index (χ2v) is 5.74. The highest BCUT2D eigenvalue weighted by atomic mass is 16.4. The molecule has 100 valence electrons. The van der Waals surface area contributed by atoms with Gasteiger partial charge in [-0.25, -0.2) is 4.98 Å². The lowest BCUT2D eigenvalue weighted by atomic mass is 10.2. The number of rotatable bonds is 3. The van der Waals surface area contributed by atoms with Crippen LogP contribution in [0, 0.1) is 19.8 Å². The Morgan fingerprint density at radius 3 is 2.89 bits per heavy atom. The highest BCUT2D eigenvalue weighted by Gasteiger charge is 2.33. The van der Waals surface area contributed by atoms with Gasteiger partial charge in [-0.15, -0.1) is 0 Å². The van der Waals surface area contributed by atoms with E-state index in [1.54, 1.807) is 0 Å². The molecule has 2 aliphatic rings. The molecule has 3 rings (SSSR count). The van der Waals surface area contributed by atoms with Crippen LogP contribution in [-0.4, -0.2) is 35.6 Å². The van der Waals surface area contributed by atoms with Crippen molar-refractivity contribution in [1.82, 2.24) is 15.2 Å². The second-order valence-electron chi connectivity index (χ2n) is 5.74. The van der Waals surface area contributed by atoms with Gasteiger partial charge in [0.25, 0.3) is 0 Å². The van der Waals surface area contributed by atoms with E-state index < -0.39 is 0 Å². The molecule has 1 aromatic heterocycles. The fourth-order valence-corrected chi connectivity index (χ4v) is 2.78. The number of oxazole rings is 1. The van der Waals surface area contributed by atoms with Gasteiger partial charge in [0.1, 0.15) is 5.76 Å². The SMILES string of the molecule is Cc1nc(CN2CCCNC(C3CC3)C2)oc1C. The number of hydrogen-bond acceptors (Lipinski definition) is 4. The van der Waals surface area contributed by atoms with Gasteiger partial charge in [0.15, 0.2) is 0 Å². The van der Waals surface area contributed by atoms with E-state index in [4.69, 9.17) is 4.42 Å². The summed E-state index contributed by atoms with van der Waals surface area (Å²) >= 11 is 0.